The fourth-order valence-electron chi connectivity index (χ4n) is 6.04. The van der Waals surface area contributed by atoms with E-state index in [-0.39, 0.29) is 0 Å². The second-order valence-corrected chi connectivity index (χ2v) is 11.3. The zero-order valence-corrected chi connectivity index (χ0v) is 25.5. The van der Waals surface area contributed by atoms with Gasteiger partial charge in [-0.2, -0.15) is 26.3 Å². The smallest absolute Gasteiger partial charge is 0.337 e. The highest BCUT2D eigenvalue weighted by atomic mass is 19.4. The summed E-state index contributed by atoms with van der Waals surface area (Å²) in [6, 6.07) is 45.6. The number of anilines is 5. The zero-order valence-electron chi connectivity index (χ0n) is 25.5. The van der Waals surface area contributed by atoms with Gasteiger partial charge in [-0.3, -0.25) is 0 Å². The van der Waals surface area contributed by atoms with Crippen molar-refractivity contribution in [3.05, 3.63) is 187 Å². The Labute approximate surface area is 275 Å². The normalized spacial score (nSPS) is 12.0. The fraction of sp³-hybridized carbons (Fsp3) is 0.100. The van der Waals surface area contributed by atoms with Gasteiger partial charge in [-0.25, -0.2) is 0 Å². The molecule has 0 bridgehead atoms. The molecule has 0 N–H and O–H groups in total. The third-order valence-electron chi connectivity index (χ3n) is 8.30. The quantitative estimate of drug-likeness (QED) is 0.143. The van der Waals surface area contributed by atoms with E-state index in [4.69, 9.17) is 0 Å². The number of nitrogens with zero attached hydrogens (tertiary/aromatic N) is 2. The third-order valence-corrected chi connectivity index (χ3v) is 8.30. The number of hydrogen-bond acceptors (Lipinski definition) is 2. The standard InChI is InChI=1S/C40H30F6N2/c41-39(42,43)38(40(44,45)46,32-23-27-37(28-24-32)48(35-17-9-3-10-18-35)36-19-11-4-12-20-36)31-21-25-34(26-22-31)47(33-15-7-2-8-16-33)29-30-13-5-1-6-14-30/h1-28H,29H2. The van der Waals surface area contributed by atoms with Crippen molar-refractivity contribution in [1.29, 1.82) is 0 Å². The van der Waals surface area contributed by atoms with Gasteiger partial charge in [0.15, 0.2) is 0 Å². The van der Waals surface area contributed by atoms with Gasteiger partial charge >= 0.3 is 12.4 Å². The van der Waals surface area contributed by atoms with Crippen LogP contribution in [-0.4, -0.2) is 12.4 Å². The summed E-state index contributed by atoms with van der Waals surface area (Å²) in [5.74, 6) is 0. The number of alkyl halides is 6. The van der Waals surface area contributed by atoms with E-state index in [0.717, 1.165) is 35.5 Å². The van der Waals surface area contributed by atoms with Gasteiger partial charge < -0.3 is 9.80 Å². The van der Waals surface area contributed by atoms with E-state index in [1.807, 2.05) is 102 Å². The highest BCUT2D eigenvalue weighted by Gasteiger charge is 2.72. The van der Waals surface area contributed by atoms with Gasteiger partial charge in [0, 0.05) is 35.0 Å². The minimum atomic E-state index is -5.71. The Morgan fingerprint density at radius 1 is 0.354 bits per heavy atom. The monoisotopic (exact) mass is 652 g/mol. The Hall–Kier alpha value is -5.50. The summed E-state index contributed by atoms with van der Waals surface area (Å²) < 4.78 is 90.6. The van der Waals surface area contributed by atoms with E-state index < -0.39 is 28.9 Å². The van der Waals surface area contributed by atoms with Crippen LogP contribution in [0.2, 0.25) is 0 Å². The third kappa shape index (κ3) is 6.26. The number of benzene rings is 6. The van der Waals surface area contributed by atoms with Gasteiger partial charge in [0.1, 0.15) is 0 Å². The summed E-state index contributed by atoms with van der Waals surface area (Å²) >= 11 is 0. The van der Waals surface area contributed by atoms with Crippen LogP contribution in [0.15, 0.2) is 170 Å². The van der Waals surface area contributed by atoms with E-state index >= 15 is 26.3 Å². The summed E-state index contributed by atoms with van der Waals surface area (Å²) in [4.78, 5) is 3.62. The van der Waals surface area contributed by atoms with Gasteiger partial charge in [-0.15, -0.1) is 0 Å². The van der Waals surface area contributed by atoms with Gasteiger partial charge in [-0.05, 0) is 77.4 Å². The molecule has 0 amide bonds. The fourth-order valence-corrected chi connectivity index (χ4v) is 6.04. The molecular weight excluding hydrogens is 622 g/mol. The van der Waals surface area contributed by atoms with Crippen LogP contribution < -0.4 is 9.80 Å². The molecule has 0 aromatic heterocycles. The first-order chi connectivity index (χ1) is 23.1. The van der Waals surface area contributed by atoms with Crippen molar-refractivity contribution < 1.29 is 26.3 Å². The number of para-hydroxylation sites is 3. The molecule has 48 heavy (non-hydrogen) atoms. The van der Waals surface area contributed by atoms with E-state index in [9.17, 15) is 0 Å². The molecule has 0 heterocycles. The van der Waals surface area contributed by atoms with E-state index in [2.05, 4.69) is 0 Å². The Kier molecular flexibility index (Phi) is 9.00. The molecule has 0 radical (unpaired) electrons. The highest BCUT2D eigenvalue weighted by molar-refractivity contribution is 5.76. The molecule has 0 atom stereocenters. The Morgan fingerprint density at radius 3 is 1.06 bits per heavy atom. The van der Waals surface area contributed by atoms with Crippen LogP contribution in [0.4, 0.5) is 54.8 Å². The zero-order chi connectivity index (χ0) is 33.8. The summed E-state index contributed by atoms with van der Waals surface area (Å²) in [7, 11) is 0. The summed E-state index contributed by atoms with van der Waals surface area (Å²) in [6.45, 7) is 0.356. The van der Waals surface area contributed by atoms with E-state index in [1.165, 1.54) is 24.3 Å². The SMILES string of the molecule is FC(F)(F)C(c1ccc(N(Cc2ccccc2)c2ccccc2)cc1)(c1ccc(N(c2ccccc2)c2ccccc2)cc1)C(F)(F)F. The highest BCUT2D eigenvalue weighted by Crippen LogP contribution is 2.56. The van der Waals surface area contributed by atoms with Crippen molar-refractivity contribution in [2.24, 2.45) is 0 Å². The topological polar surface area (TPSA) is 6.48 Å². The van der Waals surface area contributed by atoms with E-state index in [1.54, 1.807) is 29.2 Å². The van der Waals surface area contributed by atoms with Crippen LogP contribution in [0, 0.1) is 0 Å². The van der Waals surface area contributed by atoms with Crippen LogP contribution in [0.25, 0.3) is 0 Å². The molecule has 0 saturated carbocycles. The van der Waals surface area contributed by atoms with Gasteiger partial charge in [0.2, 0.25) is 5.41 Å². The second-order valence-electron chi connectivity index (χ2n) is 11.3. The molecule has 6 rings (SSSR count). The molecule has 0 saturated heterocycles. The van der Waals surface area contributed by atoms with Crippen LogP contribution in [0.1, 0.15) is 16.7 Å². The van der Waals surface area contributed by atoms with Crippen LogP contribution in [-0.2, 0) is 12.0 Å². The first kappa shape index (κ1) is 32.4. The number of rotatable bonds is 9. The minimum Gasteiger partial charge on any atom is -0.337 e. The Bertz CT molecular complexity index is 1840. The number of hydrogen-bond donors (Lipinski definition) is 0. The summed E-state index contributed by atoms with van der Waals surface area (Å²) in [5, 5.41) is 0. The predicted octanol–water partition coefficient (Wildman–Crippen LogP) is 11.9. The molecular formula is C40H30F6N2. The van der Waals surface area contributed by atoms with Crippen LogP contribution in [0.5, 0.6) is 0 Å². The molecule has 242 valence electrons. The largest absolute Gasteiger partial charge is 0.411 e. The lowest BCUT2D eigenvalue weighted by Crippen LogP contribution is -2.54. The maximum Gasteiger partial charge on any atom is 0.411 e. The van der Waals surface area contributed by atoms with Crippen molar-refractivity contribution in [3.63, 3.8) is 0 Å². The van der Waals surface area contributed by atoms with Crippen LogP contribution in [0.3, 0.4) is 0 Å². The van der Waals surface area contributed by atoms with Gasteiger partial charge in [0.05, 0.1) is 0 Å². The molecule has 0 aliphatic heterocycles. The predicted molar refractivity (Wildman–Crippen MR) is 179 cm³/mol. The van der Waals surface area contributed by atoms with Crippen molar-refractivity contribution in [2.45, 2.75) is 24.3 Å². The molecule has 0 aliphatic rings. The molecule has 2 nitrogen and oxygen atoms in total. The Balaban J connectivity index is 1.44. The lowest BCUT2D eigenvalue weighted by Gasteiger charge is -2.39. The average Bonchev–Trinajstić information content (AvgIpc) is 3.09. The van der Waals surface area contributed by atoms with Gasteiger partial charge in [0.25, 0.3) is 0 Å². The molecule has 6 aromatic carbocycles. The Morgan fingerprint density at radius 2 is 0.667 bits per heavy atom. The second kappa shape index (κ2) is 13.3. The average molecular weight is 653 g/mol. The van der Waals surface area contributed by atoms with Crippen LogP contribution >= 0.6 is 0 Å². The maximum absolute atomic E-state index is 15.1. The lowest BCUT2D eigenvalue weighted by atomic mass is 9.72. The molecule has 8 heteroatoms. The minimum absolute atomic E-state index is 0.356. The van der Waals surface area contributed by atoms with Crippen molar-refractivity contribution >= 4 is 28.4 Å². The van der Waals surface area contributed by atoms with Crippen molar-refractivity contribution in [1.82, 2.24) is 0 Å². The molecule has 0 unspecified atom stereocenters. The maximum atomic E-state index is 15.1. The number of halogens is 6. The van der Waals surface area contributed by atoms with E-state index in [0.29, 0.717) is 29.3 Å². The molecule has 0 aliphatic carbocycles. The van der Waals surface area contributed by atoms with Gasteiger partial charge in [-0.1, -0.05) is 109 Å². The molecule has 0 fully saturated rings. The summed E-state index contributed by atoms with van der Waals surface area (Å²) in [5.41, 5.74) is -2.22. The molecule has 0 spiro atoms. The molecule has 6 aromatic rings. The summed E-state index contributed by atoms with van der Waals surface area (Å²) in [6.07, 6.45) is -11.4. The lowest BCUT2D eigenvalue weighted by molar-refractivity contribution is -0.288. The van der Waals surface area contributed by atoms with Crippen molar-refractivity contribution in [2.75, 3.05) is 9.80 Å². The van der Waals surface area contributed by atoms with Crippen molar-refractivity contribution in [3.8, 4) is 0 Å². The first-order valence-corrected chi connectivity index (χ1v) is 15.2. The first-order valence-electron chi connectivity index (χ1n) is 15.2.